The van der Waals surface area contributed by atoms with Crippen LogP contribution in [-0.4, -0.2) is 25.8 Å². The van der Waals surface area contributed by atoms with E-state index in [4.69, 9.17) is 0 Å². The van der Waals surface area contributed by atoms with Crippen LogP contribution in [0.4, 0.5) is 13.6 Å². The summed E-state index contributed by atoms with van der Waals surface area (Å²) in [4.78, 5) is 10.2. The van der Waals surface area contributed by atoms with E-state index >= 15 is 0 Å². The topological polar surface area (TPSA) is 35.5 Å². The fraction of sp³-hybridized carbons (Fsp3) is 0.800. The van der Waals surface area contributed by atoms with Crippen molar-refractivity contribution >= 4 is 6.16 Å². The minimum atomic E-state index is -1.72. The molecule has 0 fully saturated rings. The van der Waals surface area contributed by atoms with Crippen LogP contribution in [-0.2, 0) is 9.47 Å². The van der Waals surface area contributed by atoms with Gasteiger partial charge in [0.1, 0.15) is 13.3 Å². The lowest BCUT2D eigenvalue weighted by Gasteiger charge is -2.03. The Morgan fingerprint density at radius 1 is 1.70 bits per heavy atom. The van der Waals surface area contributed by atoms with Crippen LogP contribution in [0.25, 0.3) is 0 Å². The van der Waals surface area contributed by atoms with Crippen molar-refractivity contribution < 1.29 is 23.0 Å². The van der Waals surface area contributed by atoms with E-state index in [9.17, 15) is 13.6 Å². The van der Waals surface area contributed by atoms with Crippen molar-refractivity contribution in [3.05, 3.63) is 0 Å². The minimum Gasteiger partial charge on any atom is -0.431 e. The molecule has 0 saturated carbocycles. The van der Waals surface area contributed by atoms with Gasteiger partial charge in [0, 0.05) is 6.92 Å². The Balaban J connectivity index is 3.26. The molecule has 0 aromatic heterocycles. The third kappa shape index (κ3) is 5.27. The fourth-order valence-electron chi connectivity index (χ4n) is 0.289. The smallest absolute Gasteiger partial charge is 0.431 e. The van der Waals surface area contributed by atoms with Crippen LogP contribution in [0.1, 0.15) is 6.92 Å². The lowest BCUT2D eigenvalue weighted by atomic mass is 10.8. The van der Waals surface area contributed by atoms with Gasteiger partial charge in [0.2, 0.25) is 6.36 Å². The van der Waals surface area contributed by atoms with Crippen molar-refractivity contribution in [3.63, 3.8) is 0 Å². The summed E-state index contributed by atoms with van der Waals surface area (Å²) in [7, 11) is 0. The summed E-state index contributed by atoms with van der Waals surface area (Å²) < 4.78 is 30.9. The molecule has 5 heteroatoms. The Morgan fingerprint density at radius 2 is 2.30 bits per heavy atom. The lowest BCUT2D eigenvalue weighted by Crippen LogP contribution is -2.13. The van der Waals surface area contributed by atoms with Crippen molar-refractivity contribution in [3.8, 4) is 0 Å². The molecule has 0 aromatic rings. The Hall–Kier alpha value is -0.870. The average molecular weight is 154 g/mol. The molecule has 1 atom stereocenters. The van der Waals surface area contributed by atoms with Gasteiger partial charge >= 0.3 is 6.16 Å². The molecule has 0 bridgehead atoms. The lowest BCUT2D eigenvalue weighted by molar-refractivity contribution is -0.0224. The summed E-state index contributed by atoms with van der Waals surface area (Å²) in [6.45, 7) is -0.169. The summed E-state index contributed by atoms with van der Waals surface area (Å²) in [5, 5.41) is 0. The summed E-state index contributed by atoms with van der Waals surface area (Å²) in [5.74, 6) is 0. The molecular weight excluding hydrogens is 146 g/mol. The second-order valence-electron chi connectivity index (χ2n) is 1.45. The van der Waals surface area contributed by atoms with Gasteiger partial charge in [-0.3, -0.25) is 0 Å². The second-order valence-corrected chi connectivity index (χ2v) is 1.45. The first-order valence-electron chi connectivity index (χ1n) is 2.70. The van der Waals surface area contributed by atoms with E-state index in [2.05, 4.69) is 9.47 Å². The molecule has 0 aromatic carbocycles. The Morgan fingerprint density at radius 3 is 2.70 bits per heavy atom. The van der Waals surface area contributed by atoms with E-state index in [1.165, 1.54) is 0 Å². The largest absolute Gasteiger partial charge is 0.510 e. The van der Waals surface area contributed by atoms with Gasteiger partial charge in [-0.1, -0.05) is 0 Å². The number of carbonyl (C=O) groups is 1. The molecule has 3 nitrogen and oxygen atoms in total. The van der Waals surface area contributed by atoms with Gasteiger partial charge in [-0.15, -0.1) is 0 Å². The highest BCUT2D eigenvalue weighted by Crippen LogP contribution is 1.94. The third-order valence-electron chi connectivity index (χ3n) is 0.556. The molecule has 0 heterocycles. The highest BCUT2D eigenvalue weighted by Gasteiger charge is 2.07. The van der Waals surface area contributed by atoms with Gasteiger partial charge in [0.15, 0.2) is 0 Å². The normalized spacial score (nSPS) is 12.3. The van der Waals surface area contributed by atoms with Crippen LogP contribution in [0, 0.1) is 0 Å². The van der Waals surface area contributed by atoms with Gasteiger partial charge in [0.05, 0.1) is 0 Å². The SMILES string of the molecule is CC(F)OC(=O)OCCF. The molecule has 0 saturated heterocycles. The Kier molecular flexibility index (Phi) is 4.53. The molecule has 10 heavy (non-hydrogen) atoms. The summed E-state index contributed by atoms with van der Waals surface area (Å²) in [6, 6.07) is 0. The van der Waals surface area contributed by atoms with Gasteiger partial charge in [-0.2, -0.15) is 0 Å². The predicted molar refractivity (Wildman–Crippen MR) is 29.0 cm³/mol. The zero-order chi connectivity index (χ0) is 7.98. The van der Waals surface area contributed by atoms with Crippen molar-refractivity contribution in [2.75, 3.05) is 13.3 Å². The van der Waals surface area contributed by atoms with Crippen LogP contribution < -0.4 is 0 Å². The molecule has 0 radical (unpaired) electrons. The van der Waals surface area contributed by atoms with Gasteiger partial charge < -0.3 is 9.47 Å². The molecule has 60 valence electrons. The molecular formula is C5H8F2O3. The maximum Gasteiger partial charge on any atom is 0.510 e. The van der Waals surface area contributed by atoms with Crippen LogP contribution in [0.5, 0.6) is 0 Å². The van der Waals surface area contributed by atoms with Crippen LogP contribution >= 0.6 is 0 Å². The highest BCUT2D eigenvalue weighted by atomic mass is 19.1. The van der Waals surface area contributed by atoms with E-state index in [0.717, 1.165) is 6.92 Å². The quantitative estimate of drug-likeness (QED) is 0.577. The molecule has 0 N–H and O–H groups in total. The number of halogens is 2. The number of alkyl halides is 2. The summed E-state index contributed by atoms with van der Waals surface area (Å²) in [5.41, 5.74) is 0. The number of carbonyl (C=O) groups excluding carboxylic acids is 1. The van der Waals surface area contributed by atoms with Gasteiger partial charge in [0.25, 0.3) is 0 Å². The number of hydrogen-bond donors (Lipinski definition) is 0. The second kappa shape index (κ2) is 4.96. The number of hydrogen-bond acceptors (Lipinski definition) is 3. The van der Waals surface area contributed by atoms with E-state index in [1.54, 1.807) is 0 Å². The molecule has 0 aliphatic heterocycles. The van der Waals surface area contributed by atoms with E-state index in [1.807, 2.05) is 0 Å². The Labute approximate surface area is 56.9 Å². The number of ether oxygens (including phenoxy) is 2. The number of rotatable bonds is 3. The van der Waals surface area contributed by atoms with Crippen LogP contribution in [0.2, 0.25) is 0 Å². The van der Waals surface area contributed by atoms with Gasteiger partial charge in [-0.05, 0) is 0 Å². The first kappa shape index (κ1) is 9.13. The van der Waals surface area contributed by atoms with E-state index < -0.39 is 25.8 Å². The van der Waals surface area contributed by atoms with Crippen molar-refractivity contribution in [2.24, 2.45) is 0 Å². The molecule has 0 amide bonds. The third-order valence-corrected chi connectivity index (χ3v) is 0.556. The van der Waals surface area contributed by atoms with Crippen molar-refractivity contribution in [2.45, 2.75) is 13.3 Å². The summed E-state index contributed by atoms with van der Waals surface area (Å²) in [6.07, 6.45) is -2.90. The monoisotopic (exact) mass is 154 g/mol. The minimum absolute atomic E-state index is 0.397. The molecule has 0 aliphatic rings. The Bertz CT molecular complexity index is 105. The summed E-state index contributed by atoms with van der Waals surface area (Å²) >= 11 is 0. The van der Waals surface area contributed by atoms with Gasteiger partial charge in [-0.25, -0.2) is 13.6 Å². The maximum absolute atomic E-state index is 11.8. The van der Waals surface area contributed by atoms with Crippen LogP contribution in [0.3, 0.4) is 0 Å². The first-order chi connectivity index (χ1) is 4.66. The predicted octanol–water partition coefficient (Wildman–Crippen LogP) is 1.42. The van der Waals surface area contributed by atoms with E-state index in [0.29, 0.717) is 0 Å². The molecule has 0 aliphatic carbocycles. The molecule has 1 unspecified atom stereocenters. The first-order valence-corrected chi connectivity index (χ1v) is 2.70. The molecule has 0 rings (SSSR count). The standard InChI is InChI=1S/C5H8F2O3/c1-4(7)10-5(8)9-3-2-6/h4H,2-3H2,1H3. The molecule has 0 spiro atoms. The van der Waals surface area contributed by atoms with Crippen molar-refractivity contribution in [1.29, 1.82) is 0 Å². The fourth-order valence-corrected chi connectivity index (χ4v) is 0.289. The highest BCUT2D eigenvalue weighted by molar-refractivity contribution is 5.59. The van der Waals surface area contributed by atoms with E-state index in [-0.39, 0.29) is 0 Å². The zero-order valence-corrected chi connectivity index (χ0v) is 5.47. The zero-order valence-electron chi connectivity index (χ0n) is 5.47. The average Bonchev–Trinajstić information content (AvgIpc) is 1.82. The maximum atomic E-state index is 11.8. The van der Waals surface area contributed by atoms with Crippen LogP contribution in [0.15, 0.2) is 0 Å². The van der Waals surface area contributed by atoms with Crippen molar-refractivity contribution in [1.82, 2.24) is 0 Å².